The minimum Gasteiger partial charge on any atom is -0.505 e. The Kier molecular flexibility index (Phi) is 24.6. The third kappa shape index (κ3) is 16.1. The molecule has 0 fully saturated rings. The molecule has 0 unspecified atom stereocenters. The van der Waals surface area contributed by atoms with Crippen molar-refractivity contribution in [3.8, 4) is 28.4 Å². The van der Waals surface area contributed by atoms with Crippen molar-refractivity contribution in [3.63, 3.8) is 0 Å². The van der Waals surface area contributed by atoms with Gasteiger partial charge in [0.15, 0.2) is 17.2 Å². The first-order chi connectivity index (χ1) is 34.4. The molecular weight excluding hydrogens is 1130 g/mol. The predicted octanol–water partition coefficient (Wildman–Crippen LogP) is 8.01. The number of azo groups is 3. The maximum absolute atomic E-state index is 12.6. The van der Waals surface area contributed by atoms with Crippen LogP contribution in [-0.4, -0.2) is 237 Å². The Morgan fingerprint density at radius 3 is 0.974 bits per heavy atom. The Morgan fingerprint density at radius 2 is 0.667 bits per heavy atom. The molecule has 0 aromatic heterocycles. The minimum atomic E-state index is -5.08. The number of rotatable bonds is 16. The molecule has 377 valence electrons. The molecule has 8 aromatic rings. The van der Waals surface area contributed by atoms with Crippen LogP contribution in [0.15, 0.2) is 167 Å². The van der Waals surface area contributed by atoms with Gasteiger partial charge < -0.3 is 36.2 Å². The van der Waals surface area contributed by atoms with Gasteiger partial charge in [-0.05, 0) is 124 Å². The van der Waals surface area contributed by atoms with Crippen molar-refractivity contribution < 1.29 is 74.0 Å². The third-order valence-corrected chi connectivity index (χ3v) is 13.3. The van der Waals surface area contributed by atoms with Crippen molar-refractivity contribution in [2.45, 2.75) is 14.7 Å². The molecule has 8 aromatic carbocycles. The van der Waals surface area contributed by atoms with E-state index in [-0.39, 0.29) is 203 Å². The normalized spacial score (nSPS) is 11.6. The molecule has 8 rings (SSSR count). The molecule has 0 bridgehead atoms. The van der Waals surface area contributed by atoms with Crippen molar-refractivity contribution >= 4 is 268 Å². The number of nitrogens with one attached hydrogen (secondary N) is 2. The van der Waals surface area contributed by atoms with Crippen molar-refractivity contribution in [2.24, 2.45) is 30.7 Å². The van der Waals surface area contributed by atoms with Gasteiger partial charge in [0.2, 0.25) is 0 Å². The van der Waals surface area contributed by atoms with Gasteiger partial charge in [-0.15, -0.1) is 15.3 Å². The minimum absolute atomic E-state index is 0. The Morgan fingerprint density at radius 1 is 0.385 bits per heavy atom. The molecule has 0 atom stereocenters. The number of carbonyl (C=O) groups is 2. The van der Waals surface area contributed by atoms with Gasteiger partial charge in [-0.25, -0.2) is 0 Å². The average Bonchev–Trinajstić information content (AvgIpc) is 3.33. The average molecular weight is 1170 g/mol. The van der Waals surface area contributed by atoms with Crippen LogP contribution in [0.3, 0.4) is 0 Å². The molecule has 10 N–H and O–H groups in total. The van der Waals surface area contributed by atoms with E-state index in [0.29, 0.717) is 16.8 Å². The number of hydrogen-bond donors (Lipinski definition) is 10. The maximum atomic E-state index is 12.6. The number of phenols is 3. The second kappa shape index (κ2) is 28.1. The van der Waals surface area contributed by atoms with Gasteiger partial charge in [-0.3, -0.25) is 23.2 Å². The molecule has 0 aliphatic rings. The summed E-state index contributed by atoms with van der Waals surface area (Å²) in [7, 11) is -15.1. The van der Waals surface area contributed by atoms with Crippen LogP contribution in [0.1, 0.15) is 0 Å². The quantitative estimate of drug-likeness (QED) is 0.0249. The molecule has 0 saturated heterocycles. The zero-order chi connectivity index (χ0) is 52.6. The van der Waals surface area contributed by atoms with E-state index < -0.39 is 104 Å². The van der Waals surface area contributed by atoms with Crippen molar-refractivity contribution in [1.29, 1.82) is 0 Å². The van der Waals surface area contributed by atoms with Gasteiger partial charge in [0, 0.05) is 175 Å². The summed E-state index contributed by atoms with van der Waals surface area (Å²) in [4.78, 5) is 19.5. The molecule has 32 heteroatoms. The molecule has 5 radical (unpaired) electrons. The number of fused-ring (bicyclic) bond motifs is 3. The van der Waals surface area contributed by atoms with Crippen LogP contribution in [0.25, 0.3) is 43.4 Å². The van der Waals surface area contributed by atoms with Gasteiger partial charge in [-0.1, -0.05) is 24.3 Å². The second-order valence-electron chi connectivity index (χ2n) is 15.6. The summed E-state index contributed by atoms with van der Waals surface area (Å²) in [5.41, 5.74) is 0.355. The van der Waals surface area contributed by atoms with Crippen LogP contribution < -0.4 is 10.6 Å². The largest absolute Gasteiger partial charge is 0.505 e. The number of carboxylic acid groups (broad SMARTS) is 2. The van der Waals surface area contributed by atoms with Gasteiger partial charge >= 0.3 is 11.9 Å². The summed E-state index contributed by atoms with van der Waals surface area (Å²) in [5, 5.41) is 80.6. The number of nitrogens with zero attached hydrogens (tertiary/aromatic N) is 6. The Balaban J connectivity index is 0.00000320. The van der Waals surface area contributed by atoms with Gasteiger partial charge in [0.1, 0.15) is 44.8 Å². The Hall–Kier alpha value is -3.99. The smallest absolute Gasteiger partial charge is 0.322 e. The predicted molar refractivity (Wildman–Crippen MR) is 292 cm³/mol. The van der Waals surface area contributed by atoms with Crippen LogP contribution >= 0.6 is 0 Å². The molecule has 0 amide bonds. The van der Waals surface area contributed by atoms with Crippen molar-refractivity contribution in [2.75, 3.05) is 23.7 Å². The number of phenolic OH excluding ortho intramolecular Hbond substituents is 3. The van der Waals surface area contributed by atoms with E-state index >= 15 is 0 Å². The molecule has 0 heterocycles. The van der Waals surface area contributed by atoms with Crippen molar-refractivity contribution in [3.05, 3.63) is 121 Å². The van der Waals surface area contributed by atoms with E-state index in [4.69, 9.17) is 10.2 Å². The topological polar surface area (TPSA) is 397 Å². The van der Waals surface area contributed by atoms with Crippen LogP contribution in [0.2, 0.25) is 0 Å². The van der Waals surface area contributed by atoms with Crippen LogP contribution in [0, 0.1) is 0 Å². The molecular formula is C46H34N8Na5O16S3. The van der Waals surface area contributed by atoms with E-state index in [9.17, 15) is 63.8 Å². The Bertz CT molecular complexity index is 4070. The van der Waals surface area contributed by atoms with Crippen LogP contribution in [-0.2, 0) is 39.9 Å². The number of aliphatic carboxylic acids is 2. The van der Waals surface area contributed by atoms with Crippen molar-refractivity contribution in [1.82, 2.24) is 0 Å². The zero-order valence-electron chi connectivity index (χ0n) is 41.7. The van der Waals surface area contributed by atoms with Gasteiger partial charge in [0.25, 0.3) is 30.4 Å². The first-order valence-corrected chi connectivity index (χ1v) is 25.0. The summed E-state index contributed by atoms with van der Waals surface area (Å²) in [6, 6.07) is 27.8. The standard InChI is InChI=1S/C46H34N8O16S3.5Na/c55-39(56)21-47-30-9-12-33-25(15-30)18-36(71(62,63)64)41(44(33)59)52-49-28-5-1-23(2-6-28)24-3-7-29(8-4-24)50-53-42-38(73(68,69)70)20-27-17-32(11-14-35(27)46(42)61)51-54-43-37(72(65,66)67)19-26-16-31(48-22-40(57)58)10-13-34(26)45(43)60;;;;;/h1-20,47-48,59-61H,21-22H2,(H,55,56)(H,57,58)(H,62,63,64)(H,65,66,67)(H,68,69,70);;;;;. The summed E-state index contributed by atoms with van der Waals surface area (Å²) in [6.45, 7) is -0.894. The first-order valence-electron chi connectivity index (χ1n) is 20.6. The first kappa shape index (κ1) is 68.3. The van der Waals surface area contributed by atoms with E-state index in [1.165, 1.54) is 78.9 Å². The monoisotopic (exact) mass is 1170 g/mol. The molecule has 24 nitrogen and oxygen atoms in total. The molecule has 78 heavy (non-hydrogen) atoms. The van der Waals surface area contributed by atoms with E-state index in [0.717, 1.165) is 18.2 Å². The number of aromatic hydroxyl groups is 3. The molecule has 0 aliphatic carbocycles. The Labute approximate surface area is 553 Å². The van der Waals surface area contributed by atoms with Gasteiger partial charge in [-0.2, -0.15) is 40.6 Å². The summed E-state index contributed by atoms with van der Waals surface area (Å²) < 4.78 is 105. The SMILES string of the molecule is O=C(O)CNc1ccc2c(O)c(N=Nc3ccc(-c4ccc(N=Nc5c(S(=O)(=O)O)cc6cc(N=Nc7c(S(=O)(=O)O)cc8cc(NCC(=O)O)ccc8c7O)ccc6c5O)cc4)cc3)c(S(=O)(=O)O)cc2c1.[Na].[Na].[Na].[Na].[Na]. The summed E-state index contributed by atoms with van der Waals surface area (Å²) in [5.74, 6) is -4.34. The third-order valence-electron chi connectivity index (χ3n) is 10.7. The number of hydrogen-bond acceptors (Lipinski definition) is 19. The molecule has 0 spiro atoms. The van der Waals surface area contributed by atoms with Gasteiger partial charge in [0.05, 0.1) is 17.1 Å². The molecule has 0 saturated carbocycles. The summed E-state index contributed by atoms with van der Waals surface area (Å²) >= 11 is 0. The fourth-order valence-corrected chi connectivity index (χ4v) is 9.30. The fourth-order valence-electron chi connectivity index (χ4n) is 7.32. The number of carboxylic acids is 2. The van der Waals surface area contributed by atoms with Crippen LogP contribution in [0.4, 0.5) is 45.5 Å². The fraction of sp³-hybridized carbons (Fsp3) is 0.0435. The zero-order valence-corrected chi connectivity index (χ0v) is 54.2. The number of anilines is 2. The van der Waals surface area contributed by atoms with Crippen LogP contribution in [0.5, 0.6) is 17.2 Å². The van der Waals surface area contributed by atoms with E-state index in [1.807, 2.05) is 0 Å². The van der Waals surface area contributed by atoms with E-state index in [1.54, 1.807) is 24.3 Å². The number of benzene rings is 8. The van der Waals surface area contributed by atoms with E-state index in [2.05, 4.69) is 41.3 Å². The molecule has 0 aliphatic heterocycles. The summed E-state index contributed by atoms with van der Waals surface area (Å²) in [6.07, 6.45) is 0. The second-order valence-corrected chi connectivity index (χ2v) is 19.8. The maximum Gasteiger partial charge on any atom is 0.322 e.